The Morgan fingerprint density at radius 1 is 1.22 bits per heavy atom. The van der Waals surface area contributed by atoms with E-state index >= 15 is 0 Å². The quantitative estimate of drug-likeness (QED) is 0.691. The topological polar surface area (TPSA) is 81.7 Å². The highest BCUT2D eigenvalue weighted by Crippen LogP contribution is 2.29. The number of nitrogens with zero attached hydrogens (tertiary/aromatic N) is 1. The summed E-state index contributed by atoms with van der Waals surface area (Å²) in [5.74, 6) is -0.189. The van der Waals surface area contributed by atoms with Crippen LogP contribution >= 0.6 is 11.3 Å². The molecule has 7 heteroatoms. The van der Waals surface area contributed by atoms with E-state index in [1.165, 1.54) is 17.7 Å². The number of rotatable bonds is 6. The van der Waals surface area contributed by atoms with Gasteiger partial charge in [-0.3, -0.25) is 9.69 Å². The molecule has 2 aliphatic rings. The molecule has 1 aromatic heterocycles. The highest BCUT2D eigenvalue weighted by molar-refractivity contribution is 7.10. The first-order valence-electron chi connectivity index (χ1n) is 10.1. The molecule has 1 aliphatic carbocycles. The Balaban J connectivity index is 1.48. The van der Waals surface area contributed by atoms with Gasteiger partial charge in [-0.05, 0) is 69.0 Å². The summed E-state index contributed by atoms with van der Waals surface area (Å²) in [6.45, 7) is 5.06. The van der Waals surface area contributed by atoms with Crippen LogP contribution in [-0.4, -0.2) is 47.7 Å². The molecule has 1 saturated heterocycles. The monoisotopic (exact) mass is 393 g/mol. The fourth-order valence-corrected chi connectivity index (χ4v) is 5.00. The lowest BCUT2D eigenvalue weighted by Crippen LogP contribution is -2.47. The van der Waals surface area contributed by atoms with Crippen LogP contribution in [0.5, 0.6) is 0 Å². The Labute approximate surface area is 165 Å². The number of nitrogens with one attached hydrogen (secondary N) is 2. The summed E-state index contributed by atoms with van der Waals surface area (Å²) < 4.78 is 0. The van der Waals surface area contributed by atoms with Crippen LogP contribution in [0, 0.1) is 11.8 Å². The molecule has 6 nitrogen and oxygen atoms in total. The molecule has 150 valence electrons. The van der Waals surface area contributed by atoms with Crippen LogP contribution in [0.2, 0.25) is 0 Å². The number of carboxylic acids is 1. The van der Waals surface area contributed by atoms with E-state index in [1.54, 1.807) is 11.3 Å². The molecule has 1 aliphatic heterocycles. The van der Waals surface area contributed by atoms with Crippen LogP contribution < -0.4 is 10.6 Å². The van der Waals surface area contributed by atoms with Crippen molar-refractivity contribution in [3.63, 3.8) is 0 Å². The van der Waals surface area contributed by atoms with Gasteiger partial charge < -0.3 is 15.7 Å². The van der Waals surface area contributed by atoms with Gasteiger partial charge in [0.25, 0.3) is 0 Å². The second kappa shape index (κ2) is 9.55. The van der Waals surface area contributed by atoms with Crippen molar-refractivity contribution in [2.24, 2.45) is 11.8 Å². The van der Waals surface area contributed by atoms with Crippen LogP contribution in [0.1, 0.15) is 56.4 Å². The third kappa shape index (κ3) is 5.69. The molecule has 1 unspecified atom stereocenters. The van der Waals surface area contributed by atoms with Crippen molar-refractivity contribution in [3.8, 4) is 0 Å². The second-order valence-electron chi connectivity index (χ2n) is 7.99. The van der Waals surface area contributed by atoms with Gasteiger partial charge in [0.15, 0.2) is 0 Å². The molecule has 2 heterocycles. The van der Waals surface area contributed by atoms with Gasteiger partial charge in [0.05, 0.1) is 12.0 Å². The first-order valence-corrected chi connectivity index (χ1v) is 11.0. The maximum atomic E-state index is 12.4. The minimum atomic E-state index is -0.715. The van der Waals surface area contributed by atoms with Gasteiger partial charge in [0.2, 0.25) is 0 Å². The van der Waals surface area contributed by atoms with E-state index in [-0.39, 0.29) is 24.0 Å². The van der Waals surface area contributed by atoms with Crippen LogP contribution in [0.3, 0.4) is 0 Å². The minimum Gasteiger partial charge on any atom is -0.481 e. The van der Waals surface area contributed by atoms with Crippen LogP contribution in [0.15, 0.2) is 17.5 Å². The minimum absolute atomic E-state index is 0.0802. The SMILES string of the molecule is CC1CCN(C(CNC(=O)NC2CCC(C(=O)O)CC2)c2cccs2)CC1. The number of amides is 2. The van der Waals surface area contributed by atoms with E-state index in [1.807, 2.05) is 0 Å². The molecule has 0 aromatic carbocycles. The predicted molar refractivity (Wildman–Crippen MR) is 107 cm³/mol. The number of hydrogen-bond donors (Lipinski definition) is 3. The smallest absolute Gasteiger partial charge is 0.315 e. The van der Waals surface area contributed by atoms with Crippen molar-refractivity contribution in [2.45, 2.75) is 57.5 Å². The molecule has 1 aromatic rings. The number of aliphatic carboxylic acids is 1. The van der Waals surface area contributed by atoms with Crippen molar-refractivity contribution in [1.82, 2.24) is 15.5 Å². The van der Waals surface area contributed by atoms with E-state index in [0.29, 0.717) is 19.4 Å². The zero-order chi connectivity index (χ0) is 19.2. The number of urea groups is 1. The third-order valence-electron chi connectivity index (χ3n) is 6.00. The molecule has 3 N–H and O–H groups in total. The molecule has 1 saturated carbocycles. The zero-order valence-corrected chi connectivity index (χ0v) is 16.8. The maximum absolute atomic E-state index is 12.4. The Kier molecular flexibility index (Phi) is 7.13. The van der Waals surface area contributed by atoms with Gasteiger partial charge in [-0.25, -0.2) is 4.79 Å². The van der Waals surface area contributed by atoms with E-state index in [4.69, 9.17) is 5.11 Å². The van der Waals surface area contributed by atoms with E-state index < -0.39 is 5.97 Å². The summed E-state index contributed by atoms with van der Waals surface area (Å²) in [6.07, 6.45) is 5.18. The number of carboxylic acid groups (broad SMARTS) is 1. The summed E-state index contributed by atoms with van der Waals surface area (Å²) in [6, 6.07) is 4.39. The van der Waals surface area contributed by atoms with Gasteiger partial charge in [-0.1, -0.05) is 13.0 Å². The van der Waals surface area contributed by atoms with Crippen LogP contribution in [-0.2, 0) is 4.79 Å². The number of carbonyl (C=O) groups is 2. The van der Waals surface area contributed by atoms with Crippen molar-refractivity contribution >= 4 is 23.3 Å². The first-order chi connectivity index (χ1) is 13.0. The predicted octanol–water partition coefficient (Wildman–Crippen LogP) is 3.46. The largest absolute Gasteiger partial charge is 0.481 e. The van der Waals surface area contributed by atoms with Crippen molar-refractivity contribution in [3.05, 3.63) is 22.4 Å². The number of hydrogen-bond acceptors (Lipinski definition) is 4. The molecule has 3 rings (SSSR count). The Morgan fingerprint density at radius 3 is 2.52 bits per heavy atom. The molecule has 0 bridgehead atoms. The van der Waals surface area contributed by atoms with Gasteiger partial charge in [0, 0.05) is 17.5 Å². The average Bonchev–Trinajstić information content (AvgIpc) is 3.18. The molecule has 0 spiro atoms. The van der Waals surface area contributed by atoms with Crippen molar-refractivity contribution < 1.29 is 14.7 Å². The summed E-state index contributed by atoms with van der Waals surface area (Å²) >= 11 is 1.75. The highest BCUT2D eigenvalue weighted by atomic mass is 32.1. The van der Waals surface area contributed by atoms with Crippen molar-refractivity contribution in [1.29, 1.82) is 0 Å². The van der Waals surface area contributed by atoms with Crippen molar-refractivity contribution in [2.75, 3.05) is 19.6 Å². The average molecular weight is 394 g/mol. The fourth-order valence-electron chi connectivity index (χ4n) is 4.14. The molecule has 2 fully saturated rings. The number of likely N-dealkylation sites (tertiary alicyclic amines) is 1. The second-order valence-corrected chi connectivity index (χ2v) is 8.97. The zero-order valence-electron chi connectivity index (χ0n) is 16.0. The van der Waals surface area contributed by atoms with E-state index in [0.717, 1.165) is 31.8 Å². The van der Waals surface area contributed by atoms with Gasteiger partial charge in [-0.15, -0.1) is 11.3 Å². The standard InChI is InChI=1S/C20H31N3O3S/c1-14-8-10-23(11-9-14)17(18-3-2-12-27-18)13-21-20(26)22-16-6-4-15(5-7-16)19(24)25/h2-3,12,14-17H,4-11,13H2,1H3,(H,24,25)(H2,21,22,26). The molecule has 0 radical (unpaired) electrons. The lowest BCUT2D eigenvalue weighted by Gasteiger charge is -2.36. The summed E-state index contributed by atoms with van der Waals surface area (Å²) in [4.78, 5) is 27.2. The summed E-state index contributed by atoms with van der Waals surface area (Å²) in [7, 11) is 0. The molecule has 1 atom stereocenters. The molecule has 27 heavy (non-hydrogen) atoms. The lowest BCUT2D eigenvalue weighted by atomic mass is 9.86. The molecule has 2 amide bonds. The third-order valence-corrected chi connectivity index (χ3v) is 6.97. The van der Waals surface area contributed by atoms with E-state index in [2.05, 4.69) is 40.0 Å². The van der Waals surface area contributed by atoms with Gasteiger partial charge in [-0.2, -0.15) is 0 Å². The number of piperidine rings is 1. The first kappa shape index (κ1) is 20.1. The Morgan fingerprint density at radius 2 is 1.93 bits per heavy atom. The van der Waals surface area contributed by atoms with Crippen LogP contribution in [0.25, 0.3) is 0 Å². The summed E-state index contributed by atoms with van der Waals surface area (Å²) in [5.41, 5.74) is 0. The fraction of sp³-hybridized carbons (Fsp3) is 0.700. The highest BCUT2D eigenvalue weighted by Gasteiger charge is 2.28. The maximum Gasteiger partial charge on any atom is 0.315 e. The van der Waals surface area contributed by atoms with Crippen LogP contribution in [0.4, 0.5) is 4.79 Å². The van der Waals surface area contributed by atoms with E-state index in [9.17, 15) is 9.59 Å². The normalized spacial score (nSPS) is 25.7. The Hall–Kier alpha value is -1.60. The molecular weight excluding hydrogens is 362 g/mol. The van der Waals surface area contributed by atoms with Gasteiger partial charge in [0.1, 0.15) is 0 Å². The Bertz CT molecular complexity index is 606. The summed E-state index contributed by atoms with van der Waals surface area (Å²) in [5, 5.41) is 17.3. The lowest BCUT2D eigenvalue weighted by molar-refractivity contribution is -0.142. The number of thiophene rings is 1. The number of carbonyl (C=O) groups excluding carboxylic acids is 1. The van der Waals surface area contributed by atoms with Gasteiger partial charge >= 0.3 is 12.0 Å². The molecular formula is C20H31N3O3S.